The van der Waals surface area contributed by atoms with Gasteiger partial charge in [-0.15, -0.1) is 0 Å². The summed E-state index contributed by atoms with van der Waals surface area (Å²) in [7, 11) is 0. The van der Waals surface area contributed by atoms with E-state index in [9.17, 15) is 9.59 Å². The van der Waals surface area contributed by atoms with Gasteiger partial charge in [-0.05, 0) is 58.6 Å². The molecule has 118 valence electrons. The zero-order valence-corrected chi connectivity index (χ0v) is 14.1. The van der Waals surface area contributed by atoms with Gasteiger partial charge in [-0.25, -0.2) is 0 Å². The van der Waals surface area contributed by atoms with E-state index in [2.05, 4.69) is 26.6 Å². The maximum absolute atomic E-state index is 12.1. The van der Waals surface area contributed by atoms with Crippen LogP contribution in [0.1, 0.15) is 28.8 Å². The molecule has 0 radical (unpaired) electrons. The Hall–Kier alpha value is -2.14. The molecule has 2 amide bonds. The minimum Gasteiger partial charge on any atom is -0.348 e. The van der Waals surface area contributed by atoms with Gasteiger partial charge >= 0.3 is 0 Å². The molecular formula is C18H17BrN2O2. The van der Waals surface area contributed by atoms with Crippen molar-refractivity contribution in [2.24, 2.45) is 5.92 Å². The topological polar surface area (TPSA) is 58.2 Å². The van der Waals surface area contributed by atoms with Crippen molar-refractivity contribution in [1.29, 1.82) is 0 Å². The molecule has 1 aliphatic carbocycles. The zero-order chi connectivity index (χ0) is 16.2. The quantitative estimate of drug-likeness (QED) is 0.839. The average molecular weight is 373 g/mol. The summed E-state index contributed by atoms with van der Waals surface area (Å²) in [5.74, 6) is 0.168. The van der Waals surface area contributed by atoms with Crippen molar-refractivity contribution in [3.8, 4) is 0 Å². The molecule has 23 heavy (non-hydrogen) atoms. The lowest BCUT2D eigenvalue weighted by atomic mass is 10.2. The normalized spacial score (nSPS) is 13.4. The van der Waals surface area contributed by atoms with E-state index < -0.39 is 0 Å². The maximum Gasteiger partial charge on any atom is 0.252 e. The number of rotatable bonds is 5. The van der Waals surface area contributed by atoms with Crippen LogP contribution >= 0.6 is 15.9 Å². The lowest BCUT2D eigenvalue weighted by Gasteiger charge is -2.08. The summed E-state index contributed by atoms with van der Waals surface area (Å²) < 4.78 is 0.774. The number of halogens is 1. The van der Waals surface area contributed by atoms with E-state index in [0.717, 1.165) is 28.6 Å². The summed E-state index contributed by atoms with van der Waals surface area (Å²) in [6.45, 7) is 0.441. The van der Waals surface area contributed by atoms with Crippen LogP contribution in [0.25, 0.3) is 0 Å². The fourth-order valence-electron chi connectivity index (χ4n) is 2.22. The van der Waals surface area contributed by atoms with Crippen molar-refractivity contribution in [1.82, 2.24) is 5.32 Å². The summed E-state index contributed by atoms with van der Waals surface area (Å²) in [5, 5.41) is 5.79. The third-order valence-electron chi connectivity index (χ3n) is 3.74. The third kappa shape index (κ3) is 4.20. The second-order valence-electron chi connectivity index (χ2n) is 5.62. The Morgan fingerprint density at radius 2 is 1.74 bits per heavy atom. The largest absolute Gasteiger partial charge is 0.348 e. The molecule has 2 aromatic rings. The Kier molecular flexibility index (Phi) is 4.76. The smallest absolute Gasteiger partial charge is 0.252 e. The first kappa shape index (κ1) is 15.7. The van der Waals surface area contributed by atoms with E-state index in [4.69, 9.17) is 0 Å². The van der Waals surface area contributed by atoms with Gasteiger partial charge in [0.25, 0.3) is 5.91 Å². The highest BCUT2D eigenvalue weighted by Crippen LogP contribution is 2.30. The van der Waals surface area contributed by atoms with Crippen molar-refractivity contribution < 1.29 is 9.59 Å². The second kappa shape index (κ2) is 6.96. The van der Waals surface area contributed by atoms with E-state index in [-0.39, 0.29) is 17.7 Å². The lowest BCUT2D eigenvalue weighted by molar-refractivity contribution is -0.117. The van der Waals surface area contributed by atoms with E-state index in [1.165, 1.54) is 0 Å². The fourth-order valence-corrected chi connectivity index (χ4v) is 2.68. The second-order valence-corrected chi connectivity index (χ2v) is 6.48. The number of carbonyl (C=O) groups is 2. The summed E-state index contributed by atoms with van der Waals surface area (Å²) in [5.41, 5.74) is 2.39. The van der Waals surface area contributed by atoms with Gasteiger partial charge in [-0.1, -0.05) is 24.3 Å². The molecule has 0 bridgehead atoms. The molecule has 0 spiro atoms. The number of hydrogen-bond acceptors (Lipinski definition) is 2. The molecule has 2 N–H and O–H groups in total. The van der Waals surface area contributed by atoms with Gasteiger partial charge in [0.2, 0.25) is 5.91 Å². The highest BCUT2D eigenvalue weighted by atomic mass is 79.9. The van der Waals surface area contributed by atoms with E-state index in [1.807, 2.05) is 42.5 Å². The van der Waals surface area contributed by atoms with Gasteiger partial charge in [-0.2, -0.15) is 0 Å². The van der Waals surface area contributed by atoms with Gasteiger partial charge in [0, 0.05) is 22.6 Å². The van der Waals surface area contributed by atoms with Crippen LogP contribution in [-0.2, 0) is 11.3 Å². The molecule has 0 atom stereocenters. The summed E-state index contributed by atoms with van der Waals surface area (Å²) in [6, 6.07) is 14.8. The monoisotopic (exact) mass is 372 g/mol. The molecule has 0 aromatic heterocycles. The molecule has 0 heterocycles. The molecule has 5 heteroatoms. The van der Waals surface area contributed by atoms with Crippen LogP contribution in [0.4, 0.5) is 5.69 Å². The Labute approximate surface area is 143 Å². The molecule has 1 aliphatic rings. The van der Waals surface area contributed by atoms with Crippen LogP contribution in [0.3, 0.4) is 0 Å². The predicted octanol–water partition coefficient (Wildman–Crippen LogP) is 3.73. The Morgan fingerprint density at radius 3 is 2.39 bits per heavy atom. The Balaban J connectivity index is 1.55. The predicted molar refractivity (Wildman–Crippen MR) is 93.1 cm³/mol. The molecule has 2 aromatic carbocycles. The van der Waals surface area contributed by atoms with Crippen molar-refractivity contribution in [2.75, 3.05) is 5.32 Å². The molecule has 0 saturated heterocycles. The van der Waals surface area contributed by atoms with Crippen LogP contribution in [0.5, 0.6) is 0 Å². The summed E-state index contributed by atoms with van der Waals surface area (Å²) >= 11 is 3.37. The van der Waals surface area contributed by atoms with Crippen LogP contribution in [0.15, 0.2) is 53.0 Å². The van der Waals surface area contributed by atoms with Crippen molar-refractivity contribution in [2.45, 2.75) is 19.4 Å². The maximum atomic E-state index is 12.1. The fraction of sp³-hybridized carbons (Fsp3) is 0.222. The van der Waals surface area contributed by atoms with Crippen LogP contribution < -0.4 is 10.6 Å². The number of anilines is 1. The first-order valence-electron chi connectivity index (χ1n) is 7.56. The molecule has 4 nitrogen and oxygen atoms in total. The molecule has 1 fully saturated rings. The number of nitrogens with one attached hydrogen (secondary N) is 2. The summed E-state index contributed by atoms with van der Waals surface area (Å²) in [4.78, 5) is 23.8. The van der Waals surface area contributed by atoms with Gasteiger partial charge in [0.1, 0.15) is 0 Å². The first-order valence-corrected chi connectivity index (χ1v) is 8.35. The van der Waals surface area contributed by atoms with Gasteiger partial charge in [0.05, 0.1) is 5.56 Å². The van der Waals surface area contributed by atoms with Gasteiger partial charge < -0.3 is 10.6 Å². The molecular weight excluding hydrogens is 356 g/mol. The van der Waals surface area contributed by atoms with Crippen molar-refractivity contribution in [3.63, 3.8) is 0 Å². The van der Waals surface area contributed by atoms with Crippen LogP contribution in [0.2, 0.25) is 0 Å². The van der Waals surface area contributed by atoms with Crippen molar-refractivity contribution in [3.05, 3.63) is 64.1 Å². The highest BCUT2D eigenvalue weighted by molar-refractivity contribution is 9.10. The lowest BCUT2D eigenvalue weighted by Crippen LogP contribution is -2.23. The Morgan fingerprint density at radius 1 is 1.04 bits per heavy atom. The average Bonchev–Trinajstić information content (AvgIpc) is 3.39. The summed E-state index contributed by atoms with van der Waals surface area (Å²) in [6.07, 6.45) is 1.98. The molecule has 3 rings (SSSR count). The van der Waals surface area contributed by atoms with E-state index in [1.54, 1.807) is 6.07 Å². The third-order valence-corrected chi connectivity index (χ3v) is 4.43. The number of carbonyl (C=O) groups excluding carboxylic acids is 2. The van der Waals surface area contributed by atoms with Gasteiger partial charge in [0.15, 0.2) is 0 Å². The van der Waals surface area contributed by atoms with E-state index in [0.29, 0.717) is 12.1 Å². The standard InChI is InChI=1S/C18H17BrN2O2/c19-16-4-2-1-3-15(16)18(23)20-11-12-5-9-14(10-6-12)21-17(22)13-7-8-13/h1-6,9-10,13H,7-8,11H2,(H,20,23)(H,21,22). The zero-order valence-electron chi connectivity index (χ0n) is 12.5. The minimum atomic E-state index is -0.122. The SMILES string of the molecule is O=C(NCc1ccc(NC(=O)C2CC2)cc1)c1ccccc1Br. The first-order chi connectivity index (χ1) is 11.1. The number of benzene rings is 2. The number of hydrogen-bond donors (Lipinski definition) is 2. The Bertz CT molecular complexity index is 724. The minimum absolute atomic E-state index is 0.0972. The van der Waals surface area contributed by atoms with Crippen LogP contribution in [0, 0.1) is 5.92 Å². The van der Waals surface area contributed by atoms with E-state index >= 15 is 0 Å². The molecule has 0 aliphatic heterocycles. The number of amides is 2. The van der Waals surface area contributed by atoms with Crippen molar-refractivity contribution >= 4 is 33.4 Å². The van der Waals surface area contributed by atoms with Crippen LogP contribution in [-0.4, -0.2) is 11.8 Å². The molecule has 0 unspecified atom stereocenters. The highest BCUT2D eigenvalue weighted by Gasteiger charge is 2.29. The van der Waals surface area contributed by atoms with Gasteiger partial charge in [-0.3, -0.25) is 9.59 Å². The molecule has 1 saturated carbocycles.